The summed E-state index contributed by atoms with van der Waals surface area (Å²) < 4.78 is 0.911. The van der Waals surface area contributed by atoms with E-state index in [2.05, 4.69) is 26.2 Å². The number of pyridine rings is 1. The lowest BCUT2D eigenvalue weighted by molar-refractivity contribution is -0.120. The molecule has 0 spiro atoms. The van der Waals surface area contributed by atoms with Crippen molar-refractivity contribution in [1.82, 2.24) is 10.3 Å². The summed E-state index contributed by atoms with van der Waals surface area (Å²) in [6.07, 6.45) is 3.47. The van der Waals surface area contributed by atoms with E-state index in [1.165, 1.54) is 6.92 Å². The first-order chi connectivity index (χ1) is 6.42. The molecular formula is C10H13BrN2O. The first-order valence-corrected chi connectivity index (χ1v) is 5.11. The summed E-state index contributed by atoms with van der Waals surface area (Å²) >= 11 is 3.35. The van der Waals surface area contributed by atoms with Gasteiger partial charge < -0.3 is 5.32 Å². The van der Waals surface area contributed by atoms with Gasteiger partial charge in [0.25, 0.3) is 0 Å². The van der Waals surface area contributed by atoms with Gasteiger partial charge >= 0.3 is 0 Å². The van der Waals surface area contributed by atoms with Crippen LogP contribution in [-0.2, 0) is 10.3 Å². The summed E-state index contributed by atoms with van der Waals surface area (Å²) in [4.78, 5) is 15.0. The summed E-state index contributed by atoms with van der Waals surface area (Å²) in [6, 6.07) is 1.95. The molecule has 0 bridgehead atoms. The van der Waals surface area contributed by atoms with Crippen molar-refractivity contribution in [3.63, 3.8) is 0 Å². The zero-order valence-corrected chi connectivity index (χ0v) is 10.1. The number of aromatic nitrogens is 1. The molecule has 1 N–H and O–H groups in total. The van der Waals surface area contributed by atoms with Gasteiger partial charge in [0.1, 0.15) is 0 Å². The molecule has 1 amide bonds. The van der Waals surface area contributed by atoms with E-state index < -0.39 is 0 Å². The van der Waals surface area contributed by atoms with Gasteiger partial charge in [-0.1, -0.05) is 0 Å². The molecule has 1 aromatic heterocycles. The minimum atomic E-state index is -0.386. The van der Waals surface area contributed by atoms with Crippen LogP contribution in [0.3, 0.4) is 0 Å². The van der Waals surface area contributed by atoms with E-state index in [1.54, 1.807) is 12.4 Å². The van der Waals surface area contributed by atoms with E-state index in [0.717, 1.165) is 10.0 Å². The van der Waals surface area contributed by atoms with Gasteiger partial charge in [0.05, 0.1) is 5.54 Å². The molecule has 4 heteroatoms. The maximum Gasteiger partial charge on any atom is 0.217 e. The number of halogens is 1. The maximum absolute atomic E-state index is 11.0. The molecule has 0 atom stereocenters. The van der Waals surface area contributed by atoms with Gasteiger partial charge in [-0.15, -0.1) is 0 Å². The Labute approximate surface area is 92.1 Å². The van der Waals surface area contributed by atoms with Gasteiger partial charge in [0, 0.05) is 23.8 Å². The number of amides is 1. The fourth-order valence-corrected chi connectivity index (χ4v) is 1.63. The van der Waals surface area contributed by atoms with Crippen molar-refractivity contribution in [2.24, 2.45) is 0 Å². The monoisotopic (exact) mass is 256 g/mol. The van der Waals surface area contributed by atoms with Crippen LogP contribution >= 0.6 is 15.9 Å². The first-order valence-electron chi connectivity index (χ1n) is 4.31. The van der Waals surface area contributed by atoms with Crippen molar-refractivity contribution in [1.29, 1.82) is 0 Å². The predicted molar refractivity (Wildman–Crippen MR) is 58.8 cm³/mol. The van der Waals surface area contributed by atoms with Gasteiger partial charge in [0.15, 0.2) is 0 Å². The Kier molecular flexibility index (Phi) is 3.26. The Morgan fingerprint density at radius 2 is 2.14 bits per heavy atom. The first kappa shape index (κ1) is 11.2. The Balaban J connectivity index is 2.97. The molecule has 0 aliphatic heterocycles. The second-order valence-electron chi connectivity index (χ2n) is 3.70. The molecule has 76 valence electrons. The number of hydrogen-bond acceptors (Lipinski definition) is 2. The number of nitrogens with one attached hydrogen (secondary N) is 1. The summed E-state index contributed by atoms with van der Waals surface area (Å²) in [5.74, 6) is -0.0463. The smallest absolute Gasteiger partial charge is 0.217 e. The van der Waals surface area contributed by atoms with E-state index in [-0.39, 0.29) is 11.4 Å². The molecule has 0 aliphatic rings. The van der Waals surface area contributed by atoms with Crippen molar-refractivity contribution in [2.75, 3.05) is 0 Å². The normalized spacial score (nSPS) is 11.1. The standard InChI is InChI=1S/C10H13BrN2O/c1-7(14)13-10(2,3)8-4-9(11)6-12-5-8/h4-6H,1-3H3,(H,13,14). The number of nitrogens with zero attached hydrogens (tertiary/aromatic N) is 1. The zero-order chi connectivity index (χ0) is 10.8. The third-order valence-electron chi connectivity index (χ3n) is 1.92. The number of hydrogen-bond donors (Lipinski definition) is 1. The molecule has 0 aliphatic carbocycles. The molecule has 0 unspecified atom stereocenters. The van der Waals surface area contributed by atoms with E-state index in [9.17, 15) is 4.79 Å². The highest BCUT2D eigenvalue weighted by Gasteiger charge is 2.21. The van der Waals surface area contributed by atoms with Crippen molar-refractivity contribution in [3.05, 3.63) is 28.5 Å². The summed E-state index contributed by atoms with van der Waals surface area (Å²) in [7, 11) is 0. The molecule has 14 heavy (non-hydrogen) atoms. The van der Waals surface area contributed by atoms with Gasteiger partial charge in [-0.25, -0.2) is 0 Å². The lowest BCUT2D eigenvalue weighted by Gasteiger charge is -2.25. The molecule has 1 heterocycles. The third kappa shape index (κ3) is 2.80. The highest BCUT2D eigenvalue weighted by atomic mass is 79.9. The molecule has 0 fully saturated rings. The van der Waals surface area contributed by atoms with Crippen LogP contribution in [0.1, 0.15) is 26.3 Å². The van der Waals surface area contributed by atoms with Crippen molar-refractivity contribution >= 4 is 21.8 Å². The Hall–Kier alpha value is -0.900. The van der Waals surface area contributed by atoms with Crippen LogP contribution in [0.5, 0.6) is 0 Å². The van der Waals surface area contributed by atoms with Crippen LogP contribution in [0.2, 0.25) is 0 Å². The fourth-order valence-electron chi connectivity index (χ4n) is 1.27. The fraction of sp³-hybridized carbons (Fsp3) is 0.400. The van der Waals surface area contributed by atoms with Crippen LogP contribution in [0.4, 0.5) is 0 Å². The highest BCUT2D eigenvalue weighted by molar-refractivity contribution is 9.10. The number of carbonyl (C=O) groups is 1. The van der Waals surface area contributed by atoms with Gasteiger partial charge in [-0.05, 0) is 41.4 Å². The Morgan fingerprint density at radius 3 is 2.64 bits per heavy atom. The SMILES string of the molecule is CC(=O)NC(C)(C)c1cncc(Br)c1. The molecule has 0 aromatic carbocycles. The van der Waals surface area contributed by atoms with Crippen LogP contribution in [0.25, 0.3) is 0 Å². The summed E-state index contributed by atoms with van der Waals surface area (Å²) in [5, 5.41) is 2.86. The minimum absolute atomic E-state index is 0.0463. The maximum atomic E-state index is 11.0. The summed E-state index contributed by atoms with van der Waals surface area (Å²) in [5.41, 5.74) is 0.588. The zero-order valence-electron chi connectivity index (χ0n) is 8.47. The van der Waals surface area contributed by atoms with Crippen molar-refractivity contribution in [3.8, 4) is 0 Å². The van der Waals surface area contributed by atoms with Gasteiger partial charge in [-0.3, -0.25) is 9.78 Å². The van der Waals surface area contributed by atoms with Crippen molar-refractivity contribution < 1.29 is 4.79 Å². The molecule has 0 saturated heterocycles. The van der Waals surface area contributed by atoms with E-state index in [4.69, 9.17) is 0 Å². The topological polar surface area (TPSA) is 42.0 Å². The van der Waals surface area contributed by atoms with Crippen molar-refractivity contribution in [2.45, 2.75) is 26.3 Å². The van der Waals surface area contributed by atoms with Gasteiger partial charge in [-0.2, -0.15) is 0 Å². The molecule has 0 radical (unpaired) electrons. The van der Waals surface area contributed by atoms with E-state index in [1.807, 2.05) is 19.9 Å². The molecule has 1 aromatic rings. The number of rotatable bonds is 2. The predicted octanol–water partition coefficient (Wildman–Crippen LogP) is 2.22. The molecule has 0 saturated carbocycles. The molecule has 3 nitrogen and oxygen atoms in total. The Bertz CT molecular complexity index is 350. The van der Waals surface area contributed by atoms with Crippen LogP contribution < -0.4 is 5.32 Å². The second-order valence-corrected chi connectivity index (χ2v) is 4.61. The lowest BCUT2D eigenvalue weighted by atomic mass is 9.96. The quantitative estimate of drug-likeness (QED) is 0.882. The lowest BCUT2D eigenvalue weighted by Crippen LogP contribution is -2.39. The van der Waals surface area contributed by atoms with E-state index >= 15 is 0 Å². The number of carbonyl (C=O) groups excluding carboxylic acids is 1. The van der Waals surface area contributed by atoms with Gasteiger partial charge in [0.2, 0.25) is 5.91 Å². The van der Waals surface area contributed by atoms with E-state index in [0.29, 0.717) is 0 Å². The summed E-state index contributed by atoms with van der Waals surface area (Å²) in [6.45, 7) is 5.39. The minimum Gasteiger partial charge on any atom is -0.347 e. The second kappa shape index (κ2) is 4.09. The van der Waals surface area contributed by atoms with Crippen LogP contribution in [-0.4, -0.2) is 10.9 Å². The van der Waals surface area contributed by atoms with Crippen LogP contribution in [0.15, 0.2) is 22.9 Å². The average Bonchev–Trinajstić information content (AvgIpc) is 2.01. The third-order valence-corrected chi connectivity index (χ3v) is 2.35. The largest absolute Gasteiger partial charge is 0.347 e. The molecular weight excluding hydrogens is 244 g/mol. The average molecular weight is 257 g/mol. The highest BCUT2D eigenvalue weighted by Crippen LogP contribution is 2.21. The molecule has 1 rings (SSSR count). The van der Waals surface area contributed by atoms with Crippen LogP contribution in [0, 0.1) is 0 Å². The Morgan fingerprint density at radius 1 is 1.50 bits per heavy atom.